The van der Waals surface area contributed by atoms with Gasteiger partial charge >= 0.3 is 0 Å². The molecule has 0 saturated heterocycles. The van der Waals surface area contributed by atoms with Crippen molar-refractivity contribution in [1.29, 1.82) is 0 Å². The molecule has 1 N–H and O–H groups in total. The second kappa shape index (κ2) is 14.8. The van der Waals surface area contributed by atoms with Crippen molar-refractivity contribution in [2.75, 3.05) is 5.75 Å². The Kier molecular flexibility index (Phi) is 11.2. The predicted octanol–water partition coefficient (Wildman–Crippen LogP) is 9.75. The molecule has 3 heteroatoms. The van der Waals surface area contributed by atoms with Crippen LogP contribution in [0.3, 0.4) is 0 Å². The third-order valence-corrected chi connectivity index (χ3v) is 8.96. The first-order valence-corrected chi connectivity index (χ1v) is 15.7. The fourth-order valence-corrected chi connectivity index (χ4v) is 6.77. The first-order valence-electron chi connectivity index (χ1n) is 14.7. The summed E-state index contributed by atoms with van der Waals surface area (Å²) in [6, 6.07) is 25.7. The highest BCUT2D eigenvalue weighted by Gasteiger charge is 2.23. The van der Waals surface area contributed by atoms with Crippen molar-refractivity contribution < 1.29 is 9.84 Å². The Morgan fingerprint density at radius 1 is 0.921 bits per heavy atom. The lowest BCUT2D eigenvalue weighted by Gasteiger charge is -2.17. The second-order valence-corrected chi connectivity index (χ2v) is 12.8. The maximum absolute atomic E-state index is 10.9. The average molecular weight is 531 g/mol. The lowest BCUT2D eigenvalue weighted by molar-refractivity contribution is 0.142. The largest absolute Gasteiger partial charge is 0.489 e. The summed E-state index contributed by atoms with van der Waals surface area (Å²) in [5.41, 5.74) is 5.00. The van der Waals surface area contributed by atoms with Crippen LogP contribution in [0.15, 0.2) is 77.7 Å². The van der Waals surface area contributed by atoms with E-state index in [4.69, 9.17) is 4.74 Å². The Bertz CT molecular complexity index is 1110. The molecule has 0 aromatic heterocycles. The van der Waals surface area contributed by atoms with Gasteiger partial charge in [-0.05, 0) is 102 Å². The predicted molar refractivity (Wildman–Crippen MR) is 162 cm³/mol. The SMILES string of the molecule is CC(C)CC(C)c1cccc(SCCCCCC2CCc3cc(OCc4ccccc4)ccc3C(O)C2)c1. The normalized spacial score (nSPS) is 18.1. The van der Waals surface area contributed by atoms with Gasteiger partial charge in [0.25, 0.3) is 0 Å². The summed E-state index contributed by atoms with van der Waals surface area (Å²) in [5.74, 6) is 4.05. The van der Waals surface area contributed by atoms with Crippen molar-refractivity contribution in [2.45, 2.75) is 95.7 Å². The van der Waals surface area contributed by atoms with E-state index in [0.29, 0.717) is 18.4 Å². The van der Waals surface area contributed by atoms with Crippen LogP contribution in [-0.2, 0) is 13.0 Å². The zero-order valence-corrected chi connectivity index (χ0v) is 24.4. The van der Waals surface area contributed by atoms with Crippen LogP contribution in [-0.4, -0.2) is 10.9 Å². The summed E-state index contributed by atoms with van der Waals surface area (Å²) >= 11 is 2.00. The molecule has 0 heterocycles. The Balaban J connectivity index is 1.17. The molecule has 3 aromatic carbocycles. The third kappa shape index (κ3) is 8.92. The minimum atomic E-state index is -0.360. The molecule has 4 rings (SSSR count). The Morgan fingerprint density at radius 3 is 2.58 bits per heavy atom. The molecule has 3 aromatic rings. The lowest BCUT2D eigenvalue weighted by atomic mass is 9.92. The Labute approximate surface area is 235 Å². The molecule has 0 radical (unpaired) electrons. The van der Waals surface area contributed by atoms with E-state index in [-0.39, 0.29) is 6.10 Å². The maximum atomic E-state index is 10.9. The standard InChI is InChI=1S/C35H46O2S/c1-26(2)21-27(3)30-14-10-15-33(24-30)38-20-9-5-8-11-28-16-17-31-23-32(18-19-34(31)35(36)22-28)37-25-29-12-6-4-7-13-29/h4,6-7,10,12-15,18-19,23-24,26-28,35-36H,5,8-9,11,16-17,20-22,25H2,1-3H3. The molecular formula is C35H46O2S. The number of rotatable bonds is 13. The van der Waals surface area contributed by atoms with Gasteiger partial charge in [-0.2, -0.15) is 0 Å². The number of hydrogen-bond donors (Lipinski definition) is 1. The van der Waals surface area contributed by atoms with Gasteiger partial charge in [-0.25, -0.2) is 0 Å². The molecule has 0 bridgehead atoms. The smallest absolute Gasteiger partial charge is 0.120 e. The van der Waals surface area contributed by atoms with Crippen molar-refractivity contribution in [1.82, 2.24) is 0 Å². The van der Waals surface area contributed by atoms with Crippen molar-refractivity contribution in [2.24, 2.45) is 11.8 Å². The number of hydrogen-bond acceptors (Lipinski definition) is 3. The van der Waals surface area contributed by atoms with Gasteiger partial charge in [0.1, 0.15) is 12.4 Å². The number of thioether (sulfide) groups is 1. The van der Waals surface area contributed by atoms with Gasteiger partial charge < -0.3 is 9.84 Å². The molecule has 3 unspecified atom stereocenters. The van der Waals surface area contributed by atoms with E-state index >= 15 is 0 Å². The van der Waals surface area contributed by atoms with Crippen LogP contribution in [0.2, 0.25) is 0 Å². The maximum Gasteiger partial charge on any atom is 0.120 e. The molecule has 0 aliphatic heterocycles. The van der Waals surface area contributed by atoms with Crippen LogP contribution < -0.4 is 4.74 Å². The molecular weight excluding hydrogens is 484 g/mol. The minimum Gasteiger partial charge on any atom is -0.489 e. The van der Waals surface area contributed by atoms with Gasteiger partial charge in [-0.3, -0.25) is 0 Å². The number of aliphatic hydroxyl groups excluding tert-OH is 1. The average Bonchev–Trinajstić information content (AvgIpc) is 3.08. The zero-order chi connectivity index (χ0) is 26.7. The van der Waals surface area contributed by atoms with E-state index in [1.54, 1.807) is 0 Å². The molecule has 3 atom stereocenters. The highest BCUT2D eigenvalue weighted by Crippen LogP contribution is 2.36. The number of unbranched alkanes of at least 4 members (excludes halogenated alkanes) is 2. The first-order chi connectivity index (χ1) is 18.5. The van der Waals surface area contributed by atoms with E-state index in [0.717, 1.165) is 36.5 Å². The van der Waals surface area contributed by atoms with Gasteiger partial charge in [0.15, 0.2) is 0 Å². The zero-order valence-electron chi connectivity index (χ0n) is 23.6. The molecule has 2 nitrogen and oxygen atoms in total. The Hall–Kier alpha value is -2.23. The van der Waals surface area contributed by atoms with E-state index < -0.39 is 0 Å². The van der Waals surface area contributed by atoms with E-state index in [1.165, 1.54) is 59.4 Å². The van der Waals surface area contributed by atoms with Gasteiger partial charge in [-0.1, -0.05) is 88.6 Å². The van der Waals surface area contributed by atoms with Crippen LogP contribution in [0.1, 0.15) is 100.0 Å². The quantitative estimate of drug-likeness (QED) is 0.135. The van der Waals surface area contributed by atoms with E-state index in [2.05, 4.69) is 69.3 Å². The number of benzene rings is 3. The van der Waals surface area contributed by atoms with Crippen molar-refractivity contribution in [3.05, 3.63) is 95.1 Å². The number of aliphatic hydroxyl groups is 1. The fraction of sp³-hybridized carbons (Fsp3) is 0.486. The molecule has 38 heavy (non-hydrogen) atoms. The summed E-state index contributed by atoms with van der Waals surface area (Å²) in [7, 11) is 0. The van der Waals surface area contributed by atoms with Crippen molar-refractivity contribution >= 4 is 11.8 Å². The highest BCUT2D eigenvalue weighted by atomic mass is 32.2. The summed E-state index contributed by atoms with van der Waals surface area (Å²) in [6.07, 6.45) is 8.96. The molecule has 0 fully saturated rings. The summed E-state index contributed by atoms with van der Waals surface area (Å²) < 4.78 is 6.04. The fourth-order valence-electron chi connectivity index (χ4n) is 5.79. The van der Waals surface area contributed by atoms with Gasteiger partial charge in [0, 0.05) is 4.90 Å². The Morgan fingerprint density at radius 2 is 1.76 bits per heavy atom. The third-order valence-electron chi connectivity index (χ3n) is 7.88. The monoisotopic (exact) mass is 530 g/mol. The van der Waals surface area contributed by atoms with Gasteiger partial charge in [-0.15, -0.1) is 11.8 Å². The number of fused-ring (bicyclic) bond motifs is 1. The topological polar surface area (TPSA) is 29.5 Å². The van der Waals surface area contributed by atoms with Gasteiger partial charge in [0.2, 0.25) is 0 Å². The molecule has 1 aliphatic rings. The van der Waals surface area contributed by atoms with E-state index in [1.807, 2.05) is 36.0 Å². The van der Waals surface area contributed by atoms with Crippen LogP contribution in [0, 0.1) is 11.8 Å². The molecule has 0 amide bonds. The summed E-state index contributed by atoms with van der Waals surface area (Å²) in [6.45, 7) is 7.54. The summed E-state index contributed by atoms with van der Waals surface area (Å²) in [4.78, 5) is 1.41. The van der Waals surface area contributed by atoms with Crippen LogP contribution in [0.5, 0.6) is 5.75 Å². The molecule has 0 saturated carbocycles. The molecule has 0 spiro atoms. The van der Waals surface area contributed by atoms with E-state index in [9.17, 15) is 5.11 Å². The van der Waals surface area contributed by atoms with Crippen molar-refractivity contribution in [3.63, 3.8) is 0 Å². The minimum absolute atomic E-state index is 0.360. The molecule has 1 aliphatic carbocycles. The number of ether oxygens (including phenoxy) is 1. The van der Waals surface area contributed by atoms with Crippen LogP contribution in [0.4, 0.5) is 0 Å². The first kappa shape index (κ1) is 28.8. The molecule has 204 valence electrons. The van der Waals surface area contributed by atoms with Crippen molar-refractivity contribution in [3.8, 4) is 5.75 Å². The van der Waals surface area contributed by atoms with Gasteiger partial charge in [0.05, 0.1) is 6.10 Å². The van der Waals surface area contributed by atoms with Crippen LogP contribution >= 0.6 is 11.8 Å². The second-order valence-electron chi connectivity index (χ2n) is 11.6. The lowest BCUT2D eigenvalue weighted by Crippen LogP contribution is -2.05. The van der Waals surface area contributed by atoms with Crippen LogP contribution in [0.25, 0.3) is 0 Å². The number of aryl methyl sites for hydroxylation is 1. The summed E-state index contributed by atoms with van der Waals surface area (Å²) in [5, 5.41) is 10.9. The highest BCUT2D eigenvalue weighted by molar-refractivity contribution is 7.99.